The highest BCUT2D eigenvalue weighted by atomic mass is 15.3. The topological polar surface area (TPSA) is 80.5 Å². The third-order valence-electron chi connectivity index (χ3n) is 2.40. The van der Waals surface area contributed by atoms with Crippen LogP contribution in [0.1, 0.15) is 24.4 Å². The summed E-state index contributed by atoms with van der Waals surface area (Å²) < 4.78 is 1.65. The van der Waals surface area contributed by atoms with Gasteiger partial charge in [0, 0.05) is 5.69 Å². The monoisotopic (exact) mass is 213 g/mol. The molecule has 5 heteroatoms. The maximum Gasteiger partial charge on any atom is 0.252 e. The van der Waals surface area contributed by atoms with Crippen LogP contribution in [0.15, 0.2) is 30.6 Å². The van der Waals surface area contributed by atoms with E-state index in [2.05, 4.69) is 10.1 Å². The molecule has 0 amide bonds. The molecule has 1 aromatic heterocycles. The van der Waals surface area contributed by atoms with E-state index >= 15 is 0 Å². The van der Waals surface area contributed by atoms with Gasteiger partial charge in [0.15, 0.2) is 0 Å². The molecule has 0 aliphatic heterocycles. The predicted molar refractivity (Wildman–Crippen MR) is 59.4 cm³/mol. The standard InChI is InChI=1S/C11H11N5/c1-8(9-3-2-4-10(13)5-9)16-7-14-11(6-12)15-16/h2-5,7-8H,13H2,1H3. The zero-order chi connectivity index (χ0) is 11.5. The molecule has 16 heavy (non-hydrogen) atoms. The summed E-state index contributed by atoms with van der Waals surface area (Å²) in [7, 11) is 0. The van der Waals surface area contributed by atoms with Gasteiger partial charge in [0.1, 0.15) is 12.4 Å². The van der Waals surface area contributed by atoms with Gasteiger partial charge in [-0.3, -0.25) is 0 Å². The van der Waals surface area contributed by atoms with Gasteiger partial charge in [-0.05, 0) is 24.6 Å². The van der Waals surface area contributed by atoms with Crippen LogP contribution in [0, 0.1) is 11.3 Å². The summed E-state index contributed by atoms with van der Waals surface area (Å²) in [6.45, 7) is 1.98. The number of rotatable bonds is 2. The van der Waals surface area contributed by atoms with Crippen LogP contribution in [0.4, 0.5) is 5.69 Å². The Balaban J connectivity index is 2.32. The number of nitriles is 1. The van der Waals surface area contributed by atoms with Gasteiger partial charge in [0.25, 0.3) is 5.82 Å². The molecular formula is C11H11N5. The lowest BCUT2D eigenvalue weighted by molar-refractivity contribution is 0.562. The molecule has 0 saturated heterocycles. The highest BCUT2D eigenvalue weighted by Crippen LogP contribution is 2.18. The van der Waals surface area contributed by atoms with Crippen molar-refractivity contribution < 1.29 is 0 Å². The summed E-state index contributed by atoms with van der Waals surface area (Å²) in [5.74, 6) is 0.177. The molecule has 2 aromatic rings. The van der Waals surface area contributed by atoms with E-state index in [1.165, 1.54) is 0 Å². The molecule has 2 rings (SSSR count). The van der Waals surface area contributed by atoms with E-state index in [1.807, 2.05) is 37.3 Å². The zero-order valence-corrected chi connectivity index (χ0v) is 8.83. The van der Waals surface area contributed by atoms with Gasteiger partial charge in [-0.25, -0.2) is 9.67 Å². The first kappa shape index (κ1) is 10.2. The Morgan fingerprint density at radius 1 is 1.50 bits per heavy atom. The molecule has 5 nitrogen and oxygen atoms in total. The summed E-state index contributed by atoms with van der Waals surface area (Å²) >= 11 is 0. The van der Waals surface area contributed by atoms with E-state index in [-0.39, 0.29) is 11.9 Å². The Morgan fingerprint density at radius 3 is 2.94 bits per heavy atom. The molecule has 1 atom stereocenters. The lowest BCUT2D eigenvalue weighted by Crippen LogP contribution is -2.07. The maximum atomic E-state index is 8.64. The largest absolute Gasteiger partial charge is 0.399 e. The van der Waals surface area contributed by atoms with Crippen LogP contribution < -0.4 is 5.73 Å². The first-order valence-corrected chi connectivity index (χ1v) is 4.87. The fourth-order valence-electron chi connectivity index (χ4n) is 1.48. The molecule has 2 N–H and O–H groups in total. The predicted octanol–water partition coefficient (Wildman–Crippen LogP) is 1.34. The van der Waals surface area contributed by atoms with Crippen molar-refractivity contribution in [3.8, 4) is 6.07 Å². The number of benzene rings is 1. The van der Waals surface area contributed by atoms with E-state index < -0.39 is 0 Å². The Kier molecular flexibility index (Phi) is 2.56. The third-order valence-corrected chi connectivity index (χ3v) is 2.40. The fourth-order valence-corrected chi connectivity index (χ4v) is 1.48. The van der Waals surface area contributed by atoms with E-state index in [9.17, 15) is 0 Å². The van der Waals surface area contributed by atoms with Crippen LogP contribution in [0.3, 0.4) is 0 Å². The summed E-state index contributed by atoms with van der Waals surface area (Å²) in [4.78, 5) is 3.86. The SMILES string of the molecule is CC(c1cccc(N)c1)n1cnc(C#N)n1. The lowest BCUT2D eigenvalue weighted by atomic mass is 10.1. The molecule has 0 radical (unpaired) electrons. The van der Waals surface area contributed by atoms with Gasteiger partial charge >= 0.3 is 0 Å². The van der Waals surface area contributed by atoms with Crippen molar-refractivity contribution >= 4 is 5.69 Å². The Morgan fingerprint density at radius 2 is 2.31 bits per heavy atom. The van der Waals surface area contributed by atoms with Crippen LogP contribution in [0.5, 0.6) is 0 Å². The van der Waals surface area contributed by atoms with Gasteiger partial charge in [-0.1, -0.05) is 12.1 Å². The molecule has 0 aliphatic rings. The van der Waals surface area contributed by atoms with Crippen molar-refractivity contribution in [3.05, 3.63) is 42.0 Å². The molecule has 1 unspecified atom stereocenters. The molecule has 0 bridgehead atoms. The van der Waals surface area contributed by atoms with Gasteiger partial charge < -0.3 is 5.73 Å². The molecule has 0 saturated carbocycles. The lowest BCUT2D eigenvalue weighted by Gasteiger charge is -2.11. The van der Waals surface area contributed by atoms with E-state index in [4.69, 9.17) is 11.0 Å². The molecule has 0 fully saturated rings. The van der Waals surface area contributed by atoms with Gasteiger partial charge in [-0.2, -0.15) is 5.26 Å². The van der Waals surface area contributed by atoms with Gasteiger partial charge in [0.05, 0.1) is 6.04 Å². The normalized spacial score (nSPS) is 12.0. The fraction of sp³-hybridized carbons (Fsp3) is 0.182. The number of hydrogen-bond acceptors (Lipinski definition) is 4. The highest BCUT2D eigenvalue weighted by molar-refractivity contribution is 5.41. The minimum absolute atomic E-state index is 0.0121. The van der Waals surface area contributed by atoms with Crippen LogP contribution in [0.2, 0.25) is 0 Å². The van der Waals surface area contributed by atoms with Crippen LogP contribution in [-0.4, -0.2) is 14.8 Å². The number of aromatic nitrogens is 3. The highest BCUT2D eigenvalue weighted by Gasteiger charge is 2.10. The molecule has 0 spiro atoms. The molecule has 1 heterocycles. The molecule has 0 aliphatic carbocycles. The molecule has 1 aromatic carbocycles. The average Bonchev–Trinajstić information content (AvgIpc) is 2.76. The number of nitrogens with zero attached hydrogens (tertiary/aromatic N) is 4. The number of anilines is 1. The minimum Gasteiger partial charge on any atom is -0.399 e. The molecule has 80 valence electrons. The van der Waals surface area contributed by atoms with Crippen LogP contribution >= 0.6 is 0 Å². The van der Waals surface area contributed by atoms with Crippen LogP contribution in [-0.2, 0) is 0 Å². The summed E-state index contributed by atoms with van der Waals surface area (Å²) in [5.41, 5.74) is 7.46. The van der Waals surface area contributed by atoms with E-state index in [0.29, 0.717) is 5.69 Å². The Bertz CT molecular complexity index is 537. The quantitative estimate of drug-likeness (QED) is 0.763. The van der Waals surface area contributed by atoms with Crippen LogP contribution in [0.25, 0.3) is 0 Å². The minimum atomic E-state index is 0.0121. The van der Waals surface area contributed by atoms with Crippen molar-refractivity contribution in [1.29, 1.82) is 5.26 Å². The van der Waals surface area contributed by atoms with Gasteiger partial charge in [0.2, 0.25) is 0 Å². The Hall–Kier alpha value is -2.35. The van der Waals surface area contributed by atoms with Gasteiger partial charge in [-0.15, -0.1) is 5.10 Å². The van der Waals surface area contributed by atoms with E-state index in [0.717, 1.165) is 5.56 Å². The molecular weight excluding hydrogens is 202 g/mol. The number of hydrogen-bond donors (Lipinski definition) is 1. The third kappa shape index (κ3) is 1.86. The maximum absolute atomic E-state index is 8.64. The summed E-state index contributed by atoms with van der Waals surface area (Å²) in [6.07, 6.45) is 1.55. The second-order valence-electron chi connectivity index (χ2n) is 3.51. The van der Waals surface area contributed by atoms with Crippen molar-refractivity contribution in [1.82, 2.24) is 14.8 Å². The first-order valence-electron chi connectivity index (χ1n) is 4.87. The average molecular weight is 213 g/mol. The van der Waals surface area contributed by atoms with Crippen molar-refractivity contribution in [2.75, 3.05) is 5.73 Å². The number of nitrogen functional groups attached to an aromatic ring is 1. The van der Waals surface area contributed by atoms with Crippen molar-refractivity contribution in [2.45, 2.75) is 13.0 Å². The first-order chi connectivity index (χ1) is 7.70. The van der Waals surface area contributed by atoms with Crippen molar-refractivity contribution in [2.24, 2.45) is 0 Å². The summed E-state index contributed by atoms with van der Waals surface area (Å²) in [6, 6.07) is 9.49. The van der Waals surface area contributed by atoms with Crippen molar-refractivity contribution in [3.63, 3.8) is 0 Å². The smallest absolute Gasteiger partial charge is 0.252 e. The Labute approximate surface area is 93.1 Å². The van der Waals surface area contributed by atoms with E-state index in [1.54, 1.807) is 11.0 Å². The number of nitrogens with two attached hydrogens (primary N) is 1. The second kappa shape index (κ2) is 4.03. The zero-order valence-electron chi connectivity index (χ0n) is 8.83. The second-order valence-corrected chi connectivity index (χ2v) is 3.51. The summed E-state index contributed by atoms with van der Waals surface area (Å²) in [5, 5.41) is 12.7.